The lowest BCUT2D eigenvalue weighted by molar-refractivity contribution is 0.0721. The monoisotopic (exact) mass is 289 g/mol. The van der Waals surface area contributed by atoms with Crippen molar-refractivity contribution < 1.29 is 14.3 Å². The summed E-state index contributed by atoms with van der Waals surface area (Å²) in [6.07, 6.45) is 2.01. The molecule has 21 heavy (non-hydrogen) atoms. The number of hydrogen-bond acceptors (Lipinski definition) is 2. The van der Waals surface area contributed by atoms with Gasteiger partial charge in [-0.1, -0.05) is 25.7 Å². The van der Waals surface area contributed by atoms with Gasteiger partial charge in [0, 0.05) is 18.2 Å². The van der Waals surface area contributed by atoms with Crippen LogP contribution in [0.25, 0.3) is 0 Å². The highest BCUT2D eigenvalue weighted by Crippen LogP contribution is 2.29. The highest BCUT2D eigenvalue weighted by Gasteiger charge is 2.34. The molecule has 0 radical (unpaired) electrons. The van der Waals surface area contributed by atoms with Crippen molar-refractivity contribution >= 4 is 5.91 Å². The zero-order valence-corrected chi connectivity index (χ0v) is 12.4. The van der Waals surface area contributed by atoms with Gasteiger partial charge in [0.05, 0.1) is 5.56 Å². The topological polar surface area (TPSA) is 40.5 Å². The third-order valence-corrected chi connectivity index (χ3v) is 3.32. The van der Waals surface area contributed by atoms with Gasteiger partial charge in [-0.2, -0.15) is 0 Å². The molecule has 1 saturated carbocycles. The minimum absolute atomic E-state index is 0.173. The van der Waals surface area contributed by atoms with Gasteiger partial charge in [0.2, 0.25) is 0 Å². The largest absolute Gasteiger partial charge is 0.384 e. The van der Waals surface area contributed by atoms with Crippen LogP contribution < -0.4 is 0 Å². The van der Waals surface area contributed by atoms with E-state index in [0.717, 1.165) is 12.8 Å². The van der Waals surface area contributed by atoms with E-state index in [-0.39, 0.29) is 24.1 Å². The zero-order valence-electron chi connectivity index (χ0n) is 12.4. The second kappa shape index (κ2) is 6.73. The Hall–Kier alpha value is -1.86. The molecule has 0 unspecified atom stereocenters. The summed E-state index contributed by atoms with van der Waals surface area (Å²) in [5.74, 6) is 4.97. The van der Waals surface area contributed by atoms with Crippen molar-refractivity contribution in [1.82, 2.24) is 4.90 Å². The van der Waals surface area contributed by atoms with E-state index in [9.17, 15) is 9.18 Å². The summed E-state index contributed by atoms with van der Waals surface area (Å²) in [4.78, 5) is 14.5. The maximum Gasteiger partial charge on any atom is 0.255 e. The molecule has 2 rings (SSSR count). The van der Waals surface area contributed by atoms with Gasteiger partial charge >= 0.3 is 0 Å². The summed E-state index contributed by atoms with van der Waals surface area (Å²) in [5.41, 5.74) is 0.744. The molecular weight excluding hydrogens is 269 g/mol. The third kappa shape index (κ3) is 4.05. The van der Waals surface area contributed by atoms with Crippen LogP contribution in [0.1, 0.15) is 42.6 Å². The molecule has 112 valence electrons. The molecule has 0 bridgehead atoms. The van der Waals surface area contributed by atoms with Gasteiger partial charge in [-0.3, -0.25) is 4.79 Å². The lowest BCUT2D eigenvalue weighted by Gasteiger charge is -2.25. The van der Waals surface area contributed by atoms with Crippen LogP contribution in [0.4, 0.5) is 4.39 Å². The van der Waals surface area contributed by atoms with E-state index in [1.807, 2.05) is 4.90 Å². The van der Waals surface area contributed by atoms with Crippen LogP contribution in [-0.2, 0) is 0 Å². The summed E-state index contributed by atoms with van der Waals surface area (Å²) < 4.78 is 13.5. The maximum atomic E-state index is 13.5. The molecule has 0 aromatic heterocycles. The van der Waals surface area contributed by atoms with E-state index < -0.39 is 5.82 Å². The molecular formula is C17H20FNO2. The average Bonchev–Trinajstić information content (AvgIpc) is 3.27. The van der Waals surface area contributed by atoms with Gasteiger partial charge in [0.15, 0.2) is 0 Å². The van der Waals surface area contributed by atoms with Crippen molar-refractivity contribution in [1.29, 1.82) is 0 Å². The molecule has 0 aliphatic heterocycles. The molecule has 1 aromatic carbocycles. The van der Waals surface area contributed by atoms with Crippen LogP contribution in [0, 0.1) is 23.6 Å². The Kier molecular flexibility index (Phi) is 4.98. The SMILES string of the molecule is CC(C)CN(C(=O)c1cc(F)ccc1C#CCO)C1CC1. The number of carbonyl (C=O) groups excluding carboxylic acids is 1. The lowest BCUT2D eigenvalue weighted by Crippen LogP contribution is -2.36. The van der Waals surface area contributed by atoms with E-state index in [1.165, 1.54) is 18.2 Å². The molecule has 0 saturated heterocycles. The van der Waals surface area contributed by atoms with Crippen molar-refractivity contribution in [3.8, 4) is 11.8 Å². The van der Waals surface area contributed by atoms with Crippen molar-refractivity contribution in [3.63, 3.8) is 0 Å². The predicted molar refractivity (Wildman–Crippen MR) is 79.3 cm³/mol. The van der Waals surface area contributed by atoms with Gasteiger partial charge in [-0.15, -0.1) is 0 Å². The smallest absolute Gasteiger partial charge is 0.255 e. The standard InChI is InChI=1S/C17H20FNO2/c1-12(2)11-19(15-7-8-15)17(21)16-10-14(18)6-5-13(16)4-3-9-20/h5-6,10,12,15,20H,7-9,11H2,1-2H3. The fourth-order valence-electron chi connectivity index (χ4n) is 2.27. The van der Waals surface area contributed by atoms with Gasteiger partial charge in [-0.25, -0.2) is 4.39 Å². The fourth-order valence-corrected chi connectivity index (χ4v) is 2.27. The number of carbonyl (C=O) groups is 1. The molecule has 1 N–H and O–H groups in total. The highest BCUT2D eigenvalue weighted by molar-refractivity contribution is 5.97. The highest BCUT2D eigenvalue weighted by atomic mass is 19.1. The van der Waals surface area contributed by atoms with E-state index >= 15 is 0 Å². The molecule has 0 spiro atoms. The predicted octanol–water partition coefficient (Wildman–Crippen LogP) is 2.43. The van der Waals surface area contributed by atoms with E-state index in [1.54, 1.807) is 0 Å². The van der Waals surface area contributed by atoms with Gasteiger partial charge in [-0.05, 0) is 37.0 Å². The number of amides is 1. The summed E-state index contributed by atoms with van der Waals surface area (Å²) in [5, 5.41) is 8.79. The average molecular weight is 289 g/mol. The van der Waals surface area contributed by atoms with Gasteiger partial charge in [0.1, 0.15) is 12.4 Å². The van der Waals surface area contributed by atoms with Crippen molar-refractivity contribution in [2.45, 2.75) is 32.7 Å². The summed E-state index contributed by atoms with van der Waals surface area (Å²) >= 11 is 0. The second-order valence-corrected chi connectivity index (χ2v) is 5.73. The van der Waals surface area contributed by atoms with Crippen LogP contribution >= 0.6 is 0 Å². The number of nitrogens with zero attached hydrogens (tertiary/aromatic N) is 1. The van der Waals surface area contributed by atoms with Crippen LogP contribution in [0.15, 0.2) is 18.2 Å². The Balaban J connectivity index is 2.33. The first kappa shape index (κ1) is 15.5. The minimum atomic E-state index is -0.451. The Bertz CT molecular complexity index is 582. The zero-order chi connectivity index (χ0) is 15.4. The van der Waals surface area contributed by atoms with Crippen LogP contribution in [-0.4, -0.2) is 35.1 Å². The molecule has 1 amide bonds. The molecule has 0 atom stereocenters. The van der Waals surface area contributed by atoms with Crippen molar-refractivity contribution in [3.05, 3.63) is 35.1 Å². The van der Waals surface area contributed by atoms with Crippen molar-refractivity contribution in [2.75, 3.05) is 13.2 Å². The minimum Gasteiger partial charge on any atom is -0.384 e. The van der Waals surface area contributed by atoms with Gasteiger partial charge in [0.25, 0.3) is 5.91 Å². The van der Waals surface area contributed by atoms with Gasteiger partial charge < -0.3 is 10.0 Å². The van der Waals surface area contributed by atoms with E-state index in [4.69, 9.17) is 5.11 Å². The number of aliphatic hydroxyl groups excluding tert-OH is 1. The molecule has 1 fully saturated rings. The fraction of sp³-hybridized carbons (Fsp3) is 0.471. The summed E-state index contributed by atoms with van der Waals surface area (Å²) in [6, 6.07) is 4.27. The van der Waals surface area contributed by atoms with Crippen LogP contribution in [0.2, 0.25) is 0 Å². The van der Waals surface area contributed by atoms with E-state index in [2.05, 4.69) is 25.7 Å². The Morgan fingerprint density at radius 3 is 2.76 bits per heavy atom. The Morgan fingerprint density at radius 1 is 1.48 bits per heavy atom. The Labute approximate surface area is 124 Å². The van der Waals surface area contributed by atoms with Crippen molar-refractivity contribution in [2.24, 2.45) is 5.92 Å². The quantitative estimate of drug-likeness (QED) is 0.865. The van der Waals surface area contributed by atoms with Crippen LogP contribution in [0.3, 0.4) is 0 Å². The normalized spacial score (nSPS) is 13.8. The van der Waals surface area contributed by atoms with Crippen LogP contribution in [0.5, 0.6) is 0 Å². The first-order chi connectivity index (χ1) is 10.0. The lowest BCUT2D eigenvalue weighted by atomic mass is 10.1. The number of rotatable bonds is 4. The number of aliphatic hydroxyl groups is 1. The summed E-state index contributed by atoms with van der Waals surface area (Å²) in [6.45, 7) is 4.48. The molecule has 1 aliphatic carbocycles. The Morgan fingerprint density at radius 2 is 2.19 bits per heavy atom. The summed E-state index contributed by atoms with van der Waals surface area (Å²) in [7, 11) is 0. The third-order valence-electron chi connectivity index (χ3n) is 3.32. The molecule has 3 nitrogen and oxygen atoms in total. The molecule has 1 aromatic rings. The second-order valence-electron chi connectivity index (χ2n) is 5.73. The number of halogens is 1. The number of hydrogen-bond donors (Lipinski definition) is 1. The first-order valence-electron chi connectivity index (χ1n) is 7.23. The molecule has 4 heteroatoms. The first-order valence-corrected chi connectivity index (χ1v) is 7.23. The molecule has 1 aliphatic rings. The number of benzene rings is 1. The molecule has 0 heterocycles. The van der Waals surface area contributed by atoms with E-state index in [0.29, 0.717) is 18.0 Å². The maximum absolute atomic E-state index is 13.5.